The van der Waals surface area contributed by atoms with E-state index in [2.05, 4.69) is 10.6 Å². The summed E-state index contributed by atoms with van der Waals surface area (Å²) in [6, 6.07) is 19.4. The minimum Gasteiger partial charge on any atom is -0.350 e. The maximum absolute atomic E-state index is 13.0. The fraction of sp³-hybridized carbons (Fsp3) is 0.115. The minimum atomic E-state index is -0.582. The third kappa shape index (κ3) is 4.52. The van der Waals surface area contributed by atoms with Crippen LogP contribution < -0.4 is 15.5 Å². The van der Waals surface area contributed by atoms with Crippen LogP contribution in [0.4, 0.5) is 17.1 Å². The summed E-state index contributed by atoms with van der Waals surface area (Å²) in [4.78, 5) is 39.2. The molecule has 0 aliphatic carbocycles. The standard InChI is InChI=1S/C26H22ClN3O3/c1-15-5-4-6-20(13-15)29-24(31)18-8-10-19(11-9-18)28-23-22(27)25(32)30(26(23)33)21-12-7-16(2)17(3)14-21/h4-14,28H,1-3H3,(H,29,31). The van der Waals surface area contributed by atoms with Crippen molar-refractivity contribution >= 4 is 46.4 Å². The number of anilines is 3. The zero-order valence-electron chi connectivity index (χ0n) is 18.4. The number of hydrogen-bond acceptors (Lipinski definition) is 4. The van der Waals surface area contributed by atoms with Crippen LogP contribution in [0, 0.1) is 20.8 Å². The summed E-state index contributed by atoms with van der Waals surface area (Å²) in [7, 11) is 0. The van der Waals surface area contributed by atoms with Gasteiger partial charge < -0.3 is 10.6 Å². The number of carbonyl (C=O) groups excluding carboxylic acids is 3. The van der Waals surface area contributed by atoms with Gasteiger partial charge in [-0.15, -0.1) is 0 Å². The molecule has 0 bridgehead atoms. The van der Waals surface area contributed by atoms with Gasteiger partial charge in [-0.05, 0) is 86.0 Å². The Labute approximate surface area is 196 Å². The molecule has 0 fully saturated rings. The molecule has 3 aromatic carbocycles. The first-order chi connectivity index (χ1) is 15.7. The second-order valence-corrected chi connectivity index (χ2v) is 8.31. The zero-order valence-corrected chi connectivity index (χ0v) is 19.2. The molecular formula is C26H22ClN3O3. The van der Waals surface area contributed by atoms with Crippen molar-refractivity contribution < 1.29 is 14.4 Å². The van der Waals surface area contributed by atoms with Crippen LogP contribution in [-0.4, -0.2) is 17.7 Å². The Balaban J connectivity index is 1.49. The van der Waals surface area contributed by atoms with Gasteiger partial charge >= 0.3 is 0 Å². The lowest BCUT2D eigenvalue weighted by Crippen LogP contribution is -2.32. The van der Waals surface area contributed by atoms with Crippen molar-refractivity contribution in [1.82, 2.24) is 0 Å². The van der Waals surface area contributed by atoms with E-state index in [1.807, 2.05) is 51.1 Å². The SMILES string of the molecule is Cc1cccc(NC(=O)c2ccc(NC3=C(Cl)C(=O)N(c4ccc(C)c(C)c4)C3=O)cc2)c1. The van der Waals surface area contributed by atoms with E-state index < -0.39 is 11.8 Å². The Kier molecular flexibility index (Phi) is 6.03. The van der Waals surface area contributed by atoms with Crippen LogP contribution in [-0.2, 0) is 9.59 Å². The van der Waals surface area contributed by atoms with Crippen molar-refractivity contribution in [3.8, 4) is 0 Å². The van der Waals surface area contributed by atoms with Crippen molar-refractivity contribution in [2.75, 3.05) is 15.5 Å². The van der Waals surface area contributed by atoms with E-state index in [0.29, 0.717) is 22.6 Å². The average molecular weight is 460 g/mol. The molecule has 0 saturated carbocycles. The molecule has 3 amide bonds. The van der Waals surface area contributed by atoms with Crippen molar-refractivity contribution in [2.45, 2.75) is 20.8 Å². The Morgan fingerprint density at radius 1 is 0.818 bits per heavy atom. The first-order valence-electron chi connectivity index (χ1n) is 10.4. The van der Waals surface area contributed by atoms with E-state index in [1.165, 1.54) is 0 Å². The lowest BCUT2D eigenvalue weighted by Gasteiger charge is -2.16. The van der Waals surface area contributed by atoms with E-state index >= 15 is 0 Å². The van der Waals surface area contributed by atoms with E-state index in [-0.39, 0.29) is 16.6 Å². The summed E-state index contributed by atoms with van der Waals surface area (Å²) in [5.41, 5.74) is 5.21. The molecule has 6 nitrogen and oxygen atoms in total. The van der Waals surface area contributed by atoms with Crippen LogP contribution in [0.3, 0.4) is 0 Å². The lowest BCUT2D eigenvalue weighted by molar-refractivity contribution is -0.120. The van der Waals surface area contributed by atoms with Crippen LogP contribution in [0.2, 0.25) is 0 Å². The highest BCUT2D eigenvalue weighted by molar-refractivity contribution is 6.53. The van der Waals surface area contributed by atoms with Crippen LogP contribution in [0.5, 0.6) is 0 Å². The molecule has 0 saturated heterocycles. The topological polar surface area (TPSA) is 78.5 Å². The van der Waals surface area contributed by atoms with Crippen LogP contribution in [0.1, 0.15) is 27.0 Å². The number of benzene rings is 3. The third-order valence-corrected chi connectivity index (χ3v) is 5.82. The fourth-order valence-corrected chi connectivity index (χ4v) is 3.70. The van der Waals surface area contributed by atoms with Gasteiger partial charge in [-0.2, -0.15) is 0 Å². The number of amides is 3. The summed E-state index contributed by atoms with van der Waals surface area (Å²) in [6.45, 7) is 5.82. The molecule has 0 aromatic heterocycles. The van der Waals surface area contributed by atoms with Gasteiger partial charge in [0.15, 0.2) is 0 Å². The van der Waals surface area contributed by atoms with Gasteiger partial charge in [0, 0.05) is 16.9 Å². The molecule has 0 unspecified atom stereocenters. The van der Waals surface area contributed by atoms with E-state index in [1.54, 1.807) is 36.4 Å². The molecule has 33 heavy (non-hydrogen) atoms. The van der Waals surface area contributed by atoms with E-state index in [0.717, 1.165) is 21.6 Å². The Morgan fingerprint density at radius 3 is 2.21 bits per heavy atom. The Morgan fingerprint density at radius 2 is 1.55 bits per heavy atom. The van der Waals surface area contributed by atoms with Gasteiger partial charge in [0.05, 0.1) is 5.69 Å². The zero-order chi connectivity index (χ0) is 23.7. The van der Waals surface area contributed by atoms with Crippen molar-refractivity contribution in [1.29, 1.82) is 0 Å². The number of imide groups is 1. The molecule has 1 heterocycles. The van der Waals surface area contributed by atoms with Gasteiger partial charge in [-0.25, -0.2) is 4.90 Å². The molecule has 1 aliphatic heterocycles. The number of hydrogen-bond donors (Lipinski definition) is 2. The molecule has 7 heteroatoms. The number of halogens is 1. The first kappa shape index (κ1) is 22.3. The monoisotopic (exact) mass is 459 g/mol. The predicted molar refractivity (Wildman–Crippen MR) is 130 cm³/mol. The lowest BCUT2D eigenvalue weighted by atomic mass is 10.1. The number of nitrogens with one attached hydrogen (secondary N) is 2. The van der Waals surface area contributed by atoms with Crippen LogP contribution in [0.15, 0.2) is 77.5 Å². The average Bonchev–Trinajstić information content (AvgIpc) is 2.99. The summed E-state index contributed by atoms with van der Waals surface area (Å²) in [5.74, 6) is -1.37. The minimum absolute atomic E-state index is 0.00291. The third-order valence-electron chi connectivity index (χ3n) is 5.47. The van der Waals surface area contributed by atoms with E-state index in [4.69, 9.17) is 11.6 Å². The highest BCUT2D eigenvalue weighted by Gasteiger charge is 2.39. The molecule has 166 valence electrons. The molecular weight excluding hydrogens is 438 g/mol. The largest absolute Gasteiger partial charge is 0.350 e. The highest BCUT2D eigenvalue weighted by atomic mass is 35.5. The van der Waals surface area contributed by atoms with Crippen LogP contribution in [0.25, 0.3) is 0 Å². The maximum Gasteiger partial charge on any atom is 0.283 e. The van der Waals surface area contributed by atoms with Crippen molar-refractivity contribution in [2.24, 2.45) is 0 Å². The summed E-state index contributed by atoms with van der Waals surface area (Å²) in [6.07, 6.45) is 0. The Hall–Kier alpha value is -3.90. The second-order valence-electron chi connectivity index (χ2n) is 7.93. The van der Waals surface area contributed by atoms with Crippen molar-refractivity contribution in [3.63, 3.8) is 0 Å². The number of rotatable bonds is 5. The summed E-state index contributed by atoms with van der Waals surface area (Å²) >= 11 is 6.21. The first-order valence-corrected chi connectivity index (χ1v) is 10.7. The number of aryl methyl sites for hydroxylation is 3. The fourth-order valence-electron chi connectivity index (χ4n) is 3.49. The maximum atomic E-state index is 13.0. The molecule has 0 atom stereocenters. The molecule has 0 radical (unpaired) electrons. The summed E-state index contributed by atoms with van der Waals surface area (Å²) < 4.78 is 0. The van der Waals surface area contributed by atoms with Gasteiger partial charge in [-0.3, -0.25) is 14.4 Å². The molecule has 0 spiro atoms. The summed E-state index contributed by atoms with van der Waals surface area (Å²) in [5, 5.41) is 5.59. The smallest absolute Gasteiger partial charge is 0.283 e. The quantitative estimate of drug-likeness (QED) is 0.507. The van der Waals surface area contributed by atoms with Gasteiger partial charge in [-0.1, -0.05) is 29.8 Å². The second kappa shape index (κ2) is 8.92. The van der Waals surface area contributed by atoms with Gasteiger partial charge in [0.1, 0.15) is 10.7 Å². The van der Waals surface area contributed by atoms with E-state index in [9.17, 15) is 14.4 Å². The predicted octanol–water partition coefficient (Wildman–Crippen LogP) is 5.30. The van der Waals surface area contributed by atoms with Gasteiger partial charge in [0.2, 0.25) is 0 Å². The number of carbonyl (C=O) groups is 3. The molecule has 1 aliphatic rings. The van der Waals surface area contributed by atoms with Crippen LogP contribution >= 0.6 is 11.6 Å². The van der Waals surface area contributed by atoms with Crippen molar-refractivity contribution in [3.05, 3.63) is 99.7 Å². The molecule has 2 N–H and O–H groups in total. The van der Waals surface area contributed by atoms with Gasteiger partial charge in [0.25, 0.3) is 17.7 Å². The Bertz CT molecular complexity index is 1310. The molecule has 3 aromatic rings. The highest BCUT2D eigenvalue weighted by Crippen LogP contribution is 2.31. The normalized spacial score (nSPS) is 13.5. The number of nitrogens with zero attached hydrogens (tertiary/aromatic N) is 1. The molecule has 4 rings (SSSR count).